The molecular formula is C14H20O9S. The van der Waals surface area contributed by atoms with Gasteiger partial charge in [-0.2, -0.15) is 0 Å². The summed E-state index contributed by atoms with van der Waals surface area (Å²) in [6, 6.07) is 0. The van der Waals surface area contributed by atoms with Gasteiger partial charge in [-0.15, -0.1) is 0 Å². The Hall–Kier alpha value is -1.97. The van der Waals surface area contributed by atoms with Crippen LogP contribution in [0.5, 0.6) is 0 Å². The molecule has 0 aliphatic carbocycles. The van der Waals surface area contributed by atoms with Gasteiger partial charge in [-0.3, -0.25) is 23.4 Å². The molecule has 1 fully saturated rings. The SMILES string of the molecule is CC(=O)OC[C@@H]1[C@@H](OC(C)=O)[C@H](OC(C)=O)[C@@H](OC(C)=O)C[S@]1=O. The van der Waals surface area contributed by atoms with E-state index < -0.39 is 58.2 Å². The van der Waals surface area contributed by atoms with E-state index in [0.29, 0.717) is 0 Å². The van der Waals surface area contributed by atoms with Gasteiger partial charge < -0.3 is 18.9 Å². The van der Waals surface area contributed by atoms with Crippen LogP contribution in [0.4, 0.5) is 0 Å². The molecule has 0 spiro atoms. The van der Waals surface area contributed by atoms with E-state index in [4.69, 9.17) is 18.9 Å². The molecule has 0 aromatic rings. The zero-order valence-corrected chi connectivity index (χ0v) is 14.6. The van der Waals surface area contributed by atoms with E-state index in [9.17, 15) is 23.4 Å². The van der Waals surface area contributed by atoms with E-state index in [-0.39, 0.29) is 12.4 Å². The fraction of sp³-hybridized carbons (Fsp3) is 0.714. The molecule has 0 saturated carbocycles. The van der Waals surface area contributed by atoms with Crippen molar-refractivity contribution in [3.05, 3.63) is 0 Å². The average Bonchev–Trinajstić information content (AvgIpc) is 2.40. The number of carbonyl (C=O) groups excluding carboxylic acids is 4. The molecule has 0 radical (unpaired) electrons. The number of rotatable bonds is 5. The Kier molecular flexibility index (Phi) is 7.33. The van der Waals surface area contributed by atoms with Crippen LogP contribution in [0.2, 0.25) is 0 Å². The van der Waals surface area contributed by atoms with Gasteiger partial charge in [-0.25, -0.2) is 0 Å². The van der Waals surface area contributed by atoms with Crippen LogP contribution in [0.15, 0.2) is 0 Å². The molecule has 136 valence electrons. The van der Waals surface area contributed by atoms with Gasteiger partial charge >= 0.3 is 23.9 Å². The minimum Gasteiger partial charge on any atom is -0.464 e. The van der Waals surface area contributed by atoms with Gasteiger partial charge in [-0.1, -0.05) is 0 Å². The quantitative estimate of drug-likeness (QED) is 0.468. The van der Waals surface area contributed by atoms with Crippen molar-refractivity contribution in [2.75, 3.05) is 12.4 Å². The van der Waals surface area contributed by atoms with Crippen LogP contribution in [0.25, 0.3) is 0 Å². The van der Waals surface area contributed by atoms with Gasteiger partial charge in [-0.05, 0) is 0 Å². The largest absolute Gasteiger partial charge is 0.464 e. The summed E-state index contributed by atoms with van der Waals surface area (Å²) in [7, 11) is -1.65. The summed E-state index contributed by atoms with van der Waals surface area (Å²) in [6.07, 6.45) is -3.36. The van der Waals surface area contributed by atoms with Crippen LogP contribution in [0, 0.1) is 0 Å². The zero-order valence-electron chi connectivity index (χ0n) is 13.8. The van der Waals surface area contributed by atoms with Crippen LogP contribution in [0.3, 0.4) is 0 Å². The number of esters is 4. The highest BCUT2D eigenvalue weighted by molar-refractivity contribution is 7.85. The average molecular weight is 364 g/mol. The molecule has 1 aliphatic heterocycles. The molecule has 9 nitrogen and oxygen atoms in total. The molecule has 0 aromatic heterocycles. The number of carbonyl (C=O) groups is 4. The molecule has 0 bridgehead atoms. The summed E-state index contributed by atoms with van der Waals surface area (Å²) in [6.45, 7) is 4.32. The first-order valence-electron chi connectivity index (χ1n) is 7.14. The molecule has 1 saturated heterocycles. The monoisotopic (exact) mass is 364 g/mol. The van der Waals surface area contributed by atoms with Crippen LogP contribution in [-0.4, -0.2) is 64.0 Å². The topological polar surface area (TPSA) is 122 Å². The Labute approximate surface area is 141 Å². The first-order chi connectivity index (χ1) is 11.1. The van der Waals surface area contributed by atoms with Gasteiger partial charge in [0.1, 0.15) is 11.9 Å². The van der Waals surface area contributed by atoms with Crippen molar-refractivity contribution in [3.8, 4) is 0 Å². The Balaban J connectivity index is 3.13. The number of hydrogen-bond donors (Lipinski definition) is 0. The zero-order chi connectivity index (χ0) is 18.4. The molecule has 0 unspecified atom stereocenters. The lowest BCUT2D eigenvalue weighted by molar-refractivity contribution is -0.183. The molecule has 10 heteroatoms. The van der Waals surface area contributed by atoms with Crippen molar-refractivity contribution in [2.24, 2.45) is 0 Å². The lowest BCUT2D eigenvalue weighted by Crippen LogP contribution is -2.59. The third-order valence-corrected chi connectivity index (χ3v) is 4.83. The summed E-state index contributed by atoms with van der Waals surface area (Å²) in [5.74, 6) is -2.78. The summed E-state index contributed by atoms with van der Waals surface area (Å²) in [4.78, 5) is 45.0. The maximum Gasteiger partial charge on any atom is 0.303 e. The van der Waals surface area contributed by atoms with E-state index in [2.05, 4.69) is 0 Å². The smallest absolute Gasteiger partial charge is 0.303 e. The molecule has 0 aromatic carbocycles. The maximum atomic E-state index is 12.4. The Morgan fingerprint density at radius 2 is 1.33 bits per heavy atom. The molecule has 1 rings (SSSR count). The second kappa shape index (κ2) is 8.76. The molecular weight excluding hydrogens is 344 g/mol. The maximum absolute atomic E-state index is 12.4. The lowest BCUT2D eigenvalue weighted by atomic mass is 10.0. The number of hydrogen-bond acceptors (Lipinski definition) is 9. The van der Waals surface area contributed by atoms with Gasteiger partial charge in [0.25, 0.3) is 0 Å². The predicted molar refractivity (Wildman–Crippen MR) is 80.1 cm³/mol. The summed E-state index contributed by atoms with van der Waals surface area (Å²) < 4.78 is 32.6. The van der Waals surface area contributed by atoms with E-state index >= 15 is 0 Å². The third kappa shape index (κ3) is 5.91. The van der Waals surface area contributed by atoms with Crippen molar-refractivity contribution in [1.29, 1.82) is 0 Å². The Morgan fingerprint density at radius 3 is 1.79 bits per heavy atom. The van der Waals surface area contributed by atoms with E-state index in [1.165, 1.54) is 6.92 Å². The van der Waals surface area contributed by atoms with Gasteiger partial charge in [0.2, 0.25) is 0 Å². The van der Waals surface area contributed by atoms with Crippen molar-refractivity contribution in [1.82, 2.24) is 0 Å². The summed E-state index contributed by atoms with van der Waals surface area (Å²) in [5.41, 5.74) is 0. The highest BCUT2D eigenvalue weighted by Gasteiger charge is 2.49. The molecule has 0 N–H and O–H groups in total. The van der Waals surface area contributed by atoms with E-state index in [1.54, 1.807) is 0 Å². The minimum absolute atomic E-state index is 0.138. The van der Waals surface area contributed by atoms with Crippen molar-refractivity contribution < 1.29 is 42.3 Å². The highest BCUT2D eigenvalue weighted by atomic mass is 32.2. The third-order valence-electron chi connectivity index (χ3n) is 3.10. The molecule has 1 heterocycles. The molecule has 0 amide bonds. The van der Waals surface area contributed by atoms with Crippen molar-refractivity contribution >= 4 is 34.7 Å². The fourth-order valence-corrected chi connectivity index (χ4v) is 3.86. The highest BCUT2D eigenvalue weighted by Crippen LogP contribution is 2.27. The normalized spacial score (nSPS) is 29.2. The first kappa shape index (κ1) is 20.1. The lowest BCUT2D eigenvalue weighted by Gasteiger charge is -2.39. The van der Waals surface area contributed by atoms with Crippen LogP contribution in [-0.2, 0) is 48.9 Å². The summed E-state index contributed by atoms with van der Waals surface area (Å²) >= 11 is 0. The minimum atomic E-state index is -1.65. The second-order valence-electron chi connectivity index (χ2n) is 5.18. The van der Waals surface area contributed by atoms with E-state index in [0.717, 1.165) is 20.8 Å². The van der Waals surface area contributed by atoms with Crippen LogP contribution >= 0.6 is 0 Å². The Morgan fingerprint density at radius 1 is 0.833 bits per heavy atom. The second-order valence-corrected chi connectivity index (χ2v) is 6.88. The molecule has 5 atom stereocenters. The number of ether oxygens (including phenoxy) is 4. The van der Waals surface area contributed by atoms with Gasteiger partial charge in [0.15, 0.2) is 18.3 Å². The Bertz CT molecular complexity index is 544. The van der Waals surface area contributed by atoms with Crippen LogP contribution in [0.1, 0.15) is 27.7 Å². The predicted octanol–water partition coefficient (Wildman–Crippen LogP) is -0.524. The summed E-state index contributed by atoms with van der Waals surface area (Å²) in [5, 5.41) is -0.908. The van der Waals surface area contributed by atoms with Crippen molar-refractivity contribution in [3.63, 3.8) is 0 Å². The van der Waals surface area contributed by atoms with Crippen LogP contribution < -0.4 is 0 Å². The standard InChI is InChI=1S/C14H20O9S/c1-7(15)20-5-12-14(23-10(4)18)13(22-9(3)17)11(6-24(12)19)21-8(2)16/h11-14H,5-6H2,1-4H3/t11-,12+,13+,14+,24+/m0/s1. The first-order valence-corrected chi connectivity index (χ1v) is 8.52. The molecule has 1 aliphatic rings. The van der Waals surface area contributed by atoms with Gasteiger partial charge in [0, 0.05) is 38.5 Å². The molecule has 24 heavy (non-hydrogen) atoms. The fourth-order valence-electron chi connectivity index (χ4n) is 2.31. The van der Waals surface area contributed by atoms with Gasteiger partial charge in [0.05, 0.1) is 5.75 Å². The van der Waals surface area contributed by atoms with Crippen molar-refractivity contribution in [2.45, 2.75) is 51.3 Å². The van der Waals surface area contributed by atoms with E-state index in [1.807, 2.05) is 0 Å².